The van der Waals surface area contributed by atoms with Gasteiger partial charge in [-0.2, -0.15) is 4.98 Å². The maximum absolute atomic E-state index is 12.4. The molecular formula is C17H20N6O2. The van der Waals surface area contributed by atoms with Crippen molar-refractivity contribution in [3.63, 3.8) is 0 Å². The number of fused-ring (bicyclic) bond motifs is 1. The quantitative estimate of drug-likeness (QED) is 0.597. The molecule has 0 unspecified atom stereocenters. The minimum atomic E-state index is -0.296. The Hall–Kier alpha value is -3.00. The van der Waals surface area contributed by atoms with Gasteiger partial charge in [0.15, 0.2) is 5.65 Å². The van der Waals surface area contributed by atoms with Crippen LogP contribution in [-0.2, 0) is 0 Å². The Morgan fingerprint density at radius 3 is 2.92 bits per heavy atom. The monoisotopic (exact) mass is 340 g/mol. The highest BCUT2D eigenvalue weighted by atomic mass is 16.5. The second-order valence-corrected chi connectivity index (χ2v) is 5.41. The van der Waals surface area contributed by atoms with E-state index >= 15 is 0 Å². The van der Waals surface area contributed by atoms with Crippen molar-refractivity contribution in [2.45, 2.75) is 13.3 Å². The van der Waals surface area contributed by atoms with Crippen LogP contribution >= 0.6 is 0 Å². The fourth-order valence-electron chi connectivity index (χ4n) is 2.32. The minimum Gasteiger partial charge on any atom is -0.493 e. The van der Waals surface area contributed by atoms with Crippen LogP contribution in [0.25, 0.3) is 22.4 Å². The average molecular weight is 340 g/mol. The Bertz CT molecular complexity index is 924. The lowest BCUT2D eigenvalue weighted by molar-refractivity contribution is 0.318. The minimum absolute atomic E-state index is 0.296. The van der Waals surface area contributed by atoms with Crippen molar-refractivity contribution in [2.24, 2.45) is 5.73 Å². The van der Waals surface area contributed by atoms with E-state index in [4.69, 9.17) is 10.5 Å². The number of para-hydroxylation sites is 1. The van der Waals surface area contributed by atoms with Crippen LogP contribution in [0.3, 0.4) is 0 Å². The molecule has 0 bridgehead atoms. The van der Waals surface area contributed by atoms with Gasteiger partial charge < -0.3 is 20.8 Å². The number of hydrogen-bond acceptors (Lipinski definition) is 7. The number of H-pyrrole nitrogens is 1. The zero-order valence-corrected chi connectivity index (χ0v) is 14.0. The molecule has 0 saturated heterocycles. The third kappa shape index (κ3) is 3.74. The summed E-state index contributed by atoms with van der Waals surface area (Å²) in [5, 5.41) is 3.31. The Labute approximate surface area is 144 Å². The highest BCUT2D eigenvalue weighted by molar-refractivity contribution is 5.77. The van der Waals surface area contributed by atoms with Gasteiger partial charge in [-0.1, -0.05) is 19.1 Å². The molecule has 8 heteroatoms. The van der Waals surface area contributed by atoms with E-state index < -0.39 is 0 Å². The number of hydrogen-bond donors (Lipinski definition) is 3. The van der Waals surface area contributed by atoms with Gasteiger partial charge >= 0.3 is 0 Å². The van der Waals surface area contributed by atoms with Crippen LogP contribution in [-0.4, -0.2) is 39.6 Å². The number of aromatic amines is 1. The van der Waals surface area contributed by atoms with Crippen molar-refractivity contribution in [1.29, 1.82) is 0 Å². The van der Waals surface area contributed by atoms with Gasteiger partial charge in [0, 0.05) is 19.3 Å². The Morgan fingerprint density at radius 1 is 1.28 bits per heavy atom. The fraction of sp³-hybridized carbons (Fsp3) is 0.294. The highest BCUT2D eigenvalue weighted by Crippen LogP contribution is 2.27. The third-order valence-corrected chi connectivity index (χ3v) is 3.49. The van der Waals surface area contributed by atoms with Gasteiger partial charge in [-0.05, 0) is 18.6 Å². The molecule has 0 saturated carbocycles. The van der Waals surface area contributed by atoms with E-state index in [1.54, 1.807) is 0 Å². The lowest BCUT2D eigenvalue weighted by atomic mass is 10.2. The molecular weight excluding hydrogens is 320 g/mol. The number of anilines is 1. The zero-order valence-electron chi connectivity index (χ0n) is 14.0. The molecule has 0 aliphatic carbocycles. The average Bonchev–Trinajstić information content (AvgIpc) is 2.64. The number of nitrogens with zero attached hydrogens (tertiary/aromatic N) is 3. The SMILES string of the molecule is CCCOc1ccccc1-c1nc2nc(NCCN)ncc2c(=O)[nH]1. The van der Waals surface area contributed by atoms with Crippen LogP contribution in [0, 0.1) is 0 Å². The largest absolute Gasteiger partial charge is 0.493 e. The molecule has 130 valence electrons. The molecule has 8 nitrogen and oxygen atoms in total. The predicted octanol–water partition coefficient (Wildman–Crippen LogP) is 1.54. The van der Waals surface area contributed by atoms with Gasteiger partial charge in [-0.25, -0.2) is 9.97 Å². The molecule has 0 radical (unpaired) electrons. The van der Waals surface area contributed by atoms with Crippen molar-refractivity contribution in [2.75, 3.05) is 25.0 Å². The van der Waals surface area contributed by atoms with Crippen molar-refractivity contribution in [3.05, 3.63) is 40.8 Å². The first-order valence-electron chi connectivity index (χ1n) is 8.16. The van der Waals surface area contributed by atoms with E-state index in [1.165, 1.54) is 6.20 Å². The van der Waals surface area contributed by atoms with Crippen LogP contribution < -0.4 is 21.3 Å². The van der Waals surface area contributed by atoms with E-state index in [-0.39, 0.29) is 5.56 Å². The van der Waals surface area contributed by atoms with Crippen LogP contribution in [0.5, 0.6) is 5.75 Å². The molecule has 0 spiro atoms. The molecule has 0 aliphatic heterocycles. The number of ether oxygens (including phenoxy) is 1. The predicted molar refractivity (Wildman–Crippen MR) is 96.7 cm³/mol. The molecule has 0 amide bonds. The first-order chi connectivity index (χ1) is 12.2. The molecule has 2 aromatic heterocycles. The van der Waals surface area contributed by atoms with Crippen molar-refractivity contribution in [3.8, 4) is 17.1 Å². The van der Waals surface area contributed by atoms with E-state index in [0.717, 1.165) is 6.42 Å². The van der Waals surface area contributed by atoms with Gasteiger partial charge in [0.2, 0.25) is 5.95 Å². The van der Waals surface area contributed by atoms with Crippen LogP contribution in [0.15, 0.2) is 35.3 Å². The van der Waals surface area contributed by atoms with E-state index in [2.05, 4.69) is 25.3 Å². The van der Waals surface area contributed by atoms with Gasteiger partial charge in [0.25, 0.3) is 5.56 Å². The molecule has 0 atom stereocenters. The molecule has 3 aromatic rings. The smallest absolute Gasteiger partial charge is 0.262 e. The van der Waals surface area contributed by atoms with Gasteiger partial charge in [-0.15, -0.1) is 0 Å². The van der Waals surface area contributed by atoms with Crippen molar-refractivity contribution < 1.29 is 4.74 Å². The lowest BCUT2D eigenvalue weighted by Gasteiger charge is -2.10. The van der Waals surface area contributed by atoms with E-state index in [0.29, 0.717) is 53.8 Å². The summed E-state index contributed by atoms with van der Waals surface area (Å²) in [5.41, 5.74) is 6.20. The summed E-state index contributed by atoms with van der Waals surface area (Å²) in [6.07, 6.45) is 2.34. The zero-order chi connectivity index (χ0) is 17.6. The second kappa shape index (κ2) is 7.71. The summed E-state index contributed by atoms with van der Waals surface area (Å²) in [6.45, 7) is 3.61. The maximum Gasteiger partial charge on any atom is 0.262 e. The molecule has 2 heterocycles. The molecule has 0 fully saturated rings. The van der Waals surface area contributed by atoms with Gasteiger partial charge in [0.1, 0.15) is 17.0 Å². The number of nitrogens with two attached hydrogens (primary N) is 1. The van der Waals surface area contributed by atoms with Gasteiger partial charge in [0.05, 0.1) is 12.2 Å². The molecule has 4 N–H and O–H groups in total. The summed E-state index contributed by atoms with van der Waals surface area (Å²) in [7, 11) is 0. The topological polar surface area (TPSA) is 119 Å². The number of aromatic nitrogens is 4. The van der Waals surface area contributed by atoms with E-state index in [9.17, 15) is 4.79 Å². The molecule has 0 aliphatic rings. The summed E-state index contributed by atoms with van der Waals surface area (Å²) < 4.78 is 5.75. The van der Waals surface area contributed by atoms with E-state index in [1.807, 2.05) is 31.2 Å². The number of nitrogens with one attached hydrogen (secondary N) is 2. The normalized spacial score (nSPS) is 10.8. The van der Waals surface area contributed by atoms with Crippen LogP contribution in [0.1, 0.15) is 13.3 Å². The second-order valence-electron chi connectivity index (χ2n) is 5.41. The fourth-order valence-corrected chi connectivity index (χ4v) is 2.32. The summed E-state index contributed by atoms with van der Waals surface area (Å²) in [4.78, 5) is 28.0. The first kappa shape index (κ1) is 16.8. The molecule has 3 rings (SSSR count). The maximum atomic E-state index is 12.4. The number of benzene rings is 1. The van der Waals surface area contributed by atoms with Crippen molar-refractivity contribution >= 4 is 17.0 Å². The Balaban J connectivity index is 2.06. The summed E-state index contributed by atoms with van der Waals surface area (Å²) in [5.74, 6) is 1.47. The summed E-state index contributed by atoms with van der Waals surface area (Å²) >= 11 is 0. The Morgan fingerprint density at radius 2 is 2.12 bits per heavy atom. The standard InChI is InChI=1S/C17H20N6O2/c1-2-9-25-13-6-4-3-5-11(13)14-21-15-12(16(24)22-14)10-20-17(23-15)19-8-7-18/h3-6,10H,2,7-9,18H2,1H3,(H2,19,20,21,22,23,24). The van der Waals surface area contributed by atoms with Crippen LogP contribution in [0.4, 0.5) is 5.95 Å². The van der Waals surface area contributed by atoms with Crippen molar-refractivity contribution in [1.82, 2.24) is 19.9 Å². The van der Waals surface area contributed by atoms with Gasteiger partial charge in [-0.3, -0.25) is 4.79 Å². The lowest BCUT2D eigenvalue weighted by Crippen LogP contribution is -2.16. The van der Waals surface area contributed by atoms with Crippen LogP contribution in [0.2, 0.25) is 0 Å². The third-order valence-electron chi connectivity index (χ3n) is 3.49. The first-order valence-corrected chi connectivity index (χ1v) is 8.16. The molecule has 25 heavy (non-hydrogen) atoms. The summed E-state index contributed by atoms with van der Waals surface area (Å²) in [6, 6.07) is 7.45. The highest BCUT2D eigenvalue weighted by Gasteiger charge is 2.12. The number of rotatable bonds is 7. The molecule has 1 aromatic carbocycles. The Kier molecular flexibility index (Phi) is 5.20.